The minimum Gasteiger partial charge on any atom is -0.314 e. The van der Waals surface area contributed by atoms with Crippen LogP contribution in [0.3, 0.4) is 0 Å². The first-order chi connectivity index (χ1) is 10.3. The summed E-state index contributed by atoms with van der Waals surface area (Å²) < 4.78 is 0. The number of rotatable bonds is 6. The van der Waals surface area contributed by atoms with Crippen LogP contribution in [0, 0.1) is 0 Å². The van der Waals surface area contributed by atoms with Gasteiger partial charge in [-0.1, -0.05) is 25.5 Å². The summed E-state index contributed by atoms with van der Waals surface area (Å²) in [5, 5.41) is 6.09. The summed E-state index contributed by atoms with van der Waals surface area (Å²) in [7, 11) is 0. The highest BCUT2D eigenvalue weighted by Crippen LogP contribution is 2.39. The summed E-state index contributed by atoms with van der Waals surface area (Å²) in [5.74, 6) is 0. The molecular formula is C19H36N2O. The minimum atomic E-state index is 0.0762. The summed E-state index contributed by atoms with van der Waals surface area (Å²) in [6, 6.07) is 0.600. The van der Waals surface area contributed by atoms with Crippen molar-refractivity contribution in [1.29, 1.82) is 0 Å². The van der Waals surface area contributed by atoms with Gasteiger partial charge in [0.05, 0.1) is 6.10 Å². The highest BCUT2D eigenvalue weighted by molar-refractivity contribution is 5.00. The Kier molecular flexibility index (Phi) is 6.09. The molecule has 1 atom stereocenters. The van der Waals surface area contributed by atoms with Crippen LogP contribution in [0.2, 0.25) is 0 Å². The van der Waals surface area contributed by atoms with E-state index in [2.05, 4.69) is 57.2 Å². The fraction of sp³-hybridized carbons (Fsp3) is 0.895. The molecule has 3 nitrogen and oxygen atoms in total. The van der Waals surface area contributed by atoms with E-state index in [9.17, 15) is 0 Å². The van der Waals surface area contributed by atoms with Gasteiger partial charge >= 0.3 is 0 Å². The molecule has 0 aromatic rings. The van der Waals surface area contributed by atoms with Gasteiger partial charge in [0.15, 0.2) is 0 Å². The molecule has 0 radical (unpaired) electrons. The smallest absolute Gasteiger partial charge is 0.0831 e. The first kappa shape index (κ1) is 18.0. The number of piperidine rings is 1. The van der Waals surface area contributed by atoms with Crippen LogP contribution in [0.15, 0.2) is 12.2 Å². The molecule has 1 aliphatic carbocycles. The number of hydrogen-bond acceptors (Lipinski definition) is 3. The molecule has 2 rings (SSSR count). The number of hydrogen-bond donors (Lipinski definition) is 1. The molecule has 0 aromatic carbocycles. The first-order valence-electron chi connectivity index (χ1n) is 9.20. The number of nitrogens with zero attached hydrogens (tertiary/aromatic N) is 1. The lowest BCUT2D eigenvalue weighted by Crippen LogP contribution is -2.64. The zero-order chi connectivity index (χ0) is 16.2. The third kappa shape index (κ3) is 4.56. The van der Waals surface area contributed by atoms with Crippen molar-refractivity contribution in [2.75, 3.05) is 6.54 Å². The Hall–Kier alpha value is -0.380. The molecule has 1 fully saturated rings. The summed E-state index contributed by atoms with van der Waals surface area (Å²) >= 11 is 0. The predicted molar refractivity (Wildman–Crippen MR) is 93.8 cm³/mol. The molecule has 0 aromatic heterocycles. The van der Waals surface area contributed by atoms with Gasteiger partial charge < -0.3 is 5.32 Å². The molecule has 0 spiro atoms. The Morgan fingerprint density at radius 2 is 1.82 bits per heavy atom. The molecule has 1 aliphatic heterocycles. The second kappa shape index (κ2) is 7.46. The lowest BCUT2D eigenvalue weighted by atomic mass is 9.79. The average molecular weight is 309 g/mol. The summed E-state index contributed by atoms with van der Waals surface area (Å²) in [6.07, 6.45) is 13.1. The third-order valence-corrected chi connectivity index (χ3v) is 5.03. The zero-order valence-corrected chi connectivity index (χ0v) is 15.3. The van der Waals surface area contributed by atoms with Crippen molar-refractivity contribution in [1.82, 2.24) is 10.4 Å². The van der Waals surface area contributed by atoms with Gasteiger partial charge in [0.1, 0.15) is 0 Å². The molecule has 0 saturated carbocycles. The maximum absolute atomic E-state index is 6.49. The van der Waals surface area contributed by atoms with E-state index in [1.165, 1.54) is 12.8 Å². The van der Waals surface area contributed by atoms with Gasteiger partial charge in [-0.05, 0) is 72.8 Å². The Morgan fingerprint density at radius 3 is 2.36 bits per heavy atom. The zero-order valence-electron chi connectivity index (χ0n) is 15.3. The second-order valence-electron chi connectivity index (χ2n) is 8.34. The van der Waals surface area contributed by atoms with Crippen LogP contribution < -0.4 is 5.32 Å². The highest BCUT2D eigenvalue weighted by atomic mass is 16.7. The van der Waals surface area contributed by atoms with Crippen molar-refractivity contribution in [3.8, 4) is 0 Å². The van der Waals surface area contributed by atoms with E-state index in [1.807, 2.05) is 0 Å². The standard InChI is InChI=1S/C19H36N2O/c1-6-7-13-20-16-14-18(2,3)21(19(4,5)15-16)22-17-11-9-8-10-12-17/h8-9,16-17,20H,6-7,10-15H2,1-5H3. The minimum absolute atomic E-state index is 0.0762. The van der Waals surface area contributed by atoms with Crippen LogP contribution in [0.5, 0.6) is 0 Å². The van der Waals surface area contributed by atoms with E-state index in [0.717, 1.165) is 38.6 Å². The van der Waals surface area contributed by atoms with Gasteiger partial charge in [0.2, 0.25) is 0 Å². The van der Waals surface area contributed by atoms with Crippen LogP contribution in [-0.2, 0) is 4.84 Å². The first-order valence-corrected chi connectivity index (χ1v) is 9.20. The quantitative estimate of drug-likeness (QED) is 0.580. The summed E-state index contributed by atoms with van der Waals surface area (Å²) in [4.78, 5) is 6.49. The van der Waals surface area contributed by atoms with Crippen LogP contribution in [0.1, 0.15) is 79.6 Å². The van der Waals surface area contributed by atoms with Crippen LogP contribution >= 0.6 is 0 Å². The molecule has 2 aliphatic rings. The molecule has 1 saturated heterocycles. The maximum Gasteiger partial charge on any atom is 0.0831 e. The fourth-order valence-electron chi connectivity index (χ4n) is 4.19. The summed E-state index contributed by atoms with van der Waals surface area (Å²) in [5.41, 5.74) is 0.152. The normalized spacial score (nSPS) is 28.9. The molecular weight excluding hydrogens is 272 g/mol. The largest absolute Gasteiger partial charge is 0.314 e. The number of allylic oxidation sites excluding steroid dienone is 1. The van der Waals surface area contributed by atoms with Crippen molar-refractivity contribution in [3.05, 3.63) is 12.2 Å². The Labute approximate surface area is 137 Å². The third-order valence-electron chi connectivity index (χ3n) is 5.03. The van der Waals surface area contributed by atoms with Crippen molar-refractivity contribution in [3.63, 3.8) is 0 Å². The molecule has 1 unspecified atom stereocenters. The number of hydroxylamine groups is 2. The Balaban J connectivity index is 1.99. The van der Waals surface area contributed by atoms with E-state index in [-0.39, 0.29) is 11.1 Å². The molecule has 0 amide bonds. The van der Waals surface area contributed by atoms with Crippen molar-refractivity contribution < 1.29 is 4.84 Å². The highest BCUT2D eigenvalue weighted by Gasteiger charge is 2.47. The van der Waals surface area contributed by atoms with Gasteiger partial charge in [-0.15, -0.1) is 0 Å². The second-order valence-corrected chi connectivity index (χ2v) is 8.34. The molecule has 0 bridgehead atoms. The van der Waals surface area contributed by atoms with Gasteiger partial charge in [0.25, 0.3) is 0 Å². The predicted octanol–water partition coefficient (Wildman–Crippen LogP) is 4.44. The molecule has 22 heavy (non-hydrogen) atoms. The average Bonchev–Trinajstić information content (AvgIpc) is 2.44. The topological polar surface area (TPSA) is 24.5 Å². The Bertz CT molecular complexity index is 358. The van der Waals surface area contributed by atoms with Crippen molar-refractivity contribution in [2.45, 2.75) is 103 Å². The van der Waals surface area contributed by atoms with Crippen LogP contribution in [0.4, 0.5) is 0 Å². The number of unbranched alkanes of at least 4 members (excludes halogenated alkanes) is 1. The van der Waals surface area contributed by atoms with Gasteiger partial charge in [0, 0.05) is 17.1 Å². The van der Waals surface area contributed by atoms with Gasteiger partial charge in [-0.3, -0.25) is 4.84 Å². The van der Waals surface area contributed by atoms with E-state index >= 15 is 0 Å². The molecule has 1 N–H and O–H groups in total. The lowest BCUT2D eigenvalue weighted by Gasteiger charge is -2.55. The maximum atomic E-state index is 6.49. The SMILES string of the molecule is CCCCNC1CC(C)(C)N(OC2CC=CCC2)C(C)(C)C1. The van der Waals surface area contributed by atoms with Crippen LogP contribution in [0.25, 0.3) is 0 Å². The lowest BCUT2D eigenvalue weighted by molar-refractivity contribution is -0.308. The van der Waals surface area contributed by atoms with Gasteiger partial charge in [-0.25, -0.2) is 0 Å². The summed E-state index contributed by atoms with van der Waals surface area (Å²) in [6.45, 7) is 12.7. The van der Waals surface area contributed by atoms with Crippen molar-refractivity contribution >= 4 is 0 Å². The fourth-order valence-corrected chi connectivity index (χ4v) is 4.19. The number of nitrogens with one attached hydrogen (secondary N) is 1. The van der Waals surface area contributed by atoms with Gasteiger partial charge in [-0.2, -0.15) is 5.06 Å². The molecule has 3 heteroatoms. The molecule has 128 valence electrons. The Morgan fingerprint density at radius 1 is 1.14 bits per heavy atom. The van der Waals surface area contributed by atoms with E-state index in [0.29, 0.717) is 12.1 Å². The molecule has 1 heterocycles. The monoisotopic (exact) mass is 308 g/mol. The van der Waals surface area contributed by atoms with E-state index < -0.39 is 0 Å². The van der Waals surface area contributed by atoms with Crippen LogP contribution in [-0.4, -0.2) is 34.8 Å². The van der Waals surface area contributed by atoms with E-state index in [1.54, 1.807) is 0 Å². The van der Waals surface area contributed by atoms with E-state index in [4.69, 9.17) is 4.84 Å². The van der Waals surface area contributed by atoms with Crippen molar-refractivity contribution in [2.24, 2.45) is 0 Å².